The van der Waals surface area contributed by atoms with Crippen molar-refractivity contribution in [2.24, 2.45) is 0 Å². The molecule has 2 aromatic rings. The molecule has 0 bridgehead atoms. The van der Waals surface area contributed by atoms with Crippen molar-refractivity contribution < 1.29 is 9.90 Å². The van der Waals surface area contributed by atoms with Crippen molar-refractivity contribution >= 4 is 11.7 Å². The van der Waals surface area contributed by atoms with E-state index in [0.29, 0.717) is 11.5 Å². The van der Waals surface area contributed by atoms with Crippen LogP contribution in [-0.2, 0) is 0 Å². The first-order chi connectivity index (χ1) is 10.1. The number of benzene rings is 1. The maximum Gasteiger partial charge on any atom is 0.335 e. The van der Waals surface area contributed by atoms with Gasteiger partial charge in [0.15, 0.2) is 0 Å². The highest BCUT2D eigenvalue weighted by atomic mass is 16.4. The number of anilines is 1. The third-order valence-electron chi connectivity index (χ3n) is 4.07. The predicted molar refractivity (Wildman–Crippen MR) is 79.7 cm³/mol. The van der Waals surface area contributed by atoms with Crippen molar-refractivity contribution in [3.05, 3.63) is 53.6 Å². The molecule has 1 N–H and O–H groups in total. The Bertz CT molecular complexity index is 658. The maximum atomic E-state index is 11.1. The van der Waals surface area contributed by atoms with Gasteiger partial charge in [-0.3, -0.25) is 0 Å². The number of carbonyl (C=O) groups is 1. The van der Waals surface area contributed by atoms with Crippen LogP contribution in [0.15, 0.2) is 36.9 Å². The molecular weight excluding hydrogens is 266 g/mol. The number of carboxylic acids is 1. The quantitative estimate of drug-likeness (QED) is 0.937. The van der Waals surface area contributed by atoms with Gasteiger partial charge in [-0.15, -0.1) is 0 Å². The average molecular weight is 283 g/mol. The minimum absolute atomic E-state index is 0.351. The van der Waals surface area contributed by atoms with Gasteiger partial charge in [0.2, 0.25) is 0 Å². The van der Waals surface area contributed by atoms with Gasteiger partial charge in [-0.25, -0.2) is 14.8 Å². The first-order valence-corrected chi connectivity index (χ1v) is 6.99. The molecule has 108 valence electrons. The summed E-state index contributed by atoms with van der Waals surface area (Å²) in [6, 6.07) is 5.37. The molecule has 1 aromatic carbocycles. The molecular formula is C16H17N3O2. The van der Waals surface area contributed by atoms with Crippen LogP contribution in [0, 0.1) is 6.92 Å². The standard InChI is InChI=1S/C16H17N3O2/c1-11-2-3-12(16(20)21)6-15(11)13-4-5-19(9-13)14-7-17-10-18-8-14/h2-3,6-8,10,13H,4-5,9H2,1H3,(H,20,21)/t13-/m1/s1. The van der Waals surface area contributed by atoms with E-state index in [9.17, 15) is 4.79 Å². The van der Waals surface area contributed by atoms with Crippen molar-refractivity contribution in [2.75, 3.05) is 18.0 Å². The maximum absolute atomic E-state index is 11.1. The number of hydrogen-bond acceptors (Lipinski definition) is 4. The Morgan fingerprint density at radius 1 is 1.33 bits per heavy atom. The highest BCUT2D eigenvalue weighted by Gasteiger charge is 2.26. The zero-order valence-electron chi connectivity index (χ0n) is 11.9. The Balaban J connectivity index is 1.83. The first-order valence-electron chi connectivity index (χ1n) is 6.99. The number of carboxylic acid groups (broad SMARTS) is 1. The lowest BCUT2D eigenvalue weighted by Gasteiger charge is -2.18. The van der Waals surface area contributed by atoms with Crippen LogP contribution >= 0.6 is 0 Å². The molecule has 5 heteroatoms. The van der Waals surface area contributed by atoms with Gasteiger partial charge < -0.3 is 10.0 Å². The molecule has 0 saturated carbocycles. The van der Waals surface area contributed by atoms with Crippen LogP contribution in [-0.4, -0.2) is 34.1 Å². The van der Waals surface area contributed by atoms with Crippen molar-refractivity contribution in [3.63, 3.8) is 0 Å². The third kappa shape index (κ3) is 2.72. The van der Waals surface area contributed by atoms with Gasteiger partial charge >= 0.3 is 5.97 Å². The van der Waals surface area contributed by atoms with Crippen LogP contribution in [0.25, 0.3) is 0 Å². The zero-order chi connectivity index (χ0) is 14.8. The SMILES string of the molecule is Cc1ccc(C(=O)O)cc1[C@@H]1CCN(c2cncnc2)C1. The second kappa shape index (κ2) is 5.52. The normalized spacial score (nSPS) is 18.0. The Morgan fingerprint density at radius 3 is 2.81 bits per heavy atom. The predicted octanol–water partition coefficient (Wildman–Crippen LogP) is 2.48. The summed E-state index contributed by atoms with van der Waals surface area (Å²) in [5.41, 5.74) is 3.66. The Labute approximate surface area is 123 Å². The number of aryl methyl sites for hydroxylation is 1. The number of rotatable bonds is 3. The van der Waals surface area contributed by atoms with E-state index in [4.69, 9.17) is 5.11 Å². The van der Waals surface area contributed by atoms with E-state index in [1.165, 1.54) is 6.33 Å². The molecule has 0 radical (unpaired) electrons. The summed E-state index contributed by atoms with van der Waals surface area (Å²) in [4.78, 5) is 21.5. The monoisotopic (exact) mass is 283 g/mol. The summed E-state index contributed by atoms with van der Waals surface area (Å²) in [6.45, 7) is 3.85. The largest absolute Gasteiger partial charge is 0.478 e. The van der Waals surface area contributed by atoms with Gasteiger partial charge in [-0.2, -0.15) is 0 Å². The van der Waals surface area contributed by atoms with Crippen LogP contribution in [0.1, 0.15) is 33.8 Å². The van der Waals surface area contributed by atoms with Gasteiger partial charge in [0.1, 0.15) is 6.33 Å². The minimum atomic E-state index is -0.873. The molecule has 1 saturated heterocycles. The van der Waals surface area contributed by atoms with Crippen molar-refractivity contribution in [1.29, 1.82) is 0 Å². The molecule has 5 nitrogen and oxygen atoms in total. The fourth-order valence-electron chi connectivity index (χ4n) is 2.92. The molecule has 1 aliphatic rings. The average Bonchev–Trinajstić information content (AvgIpc) is 2.98. The number of aromatic carboxylic acids is 1. The van der Waals surface area contributed by atoms with Crippen LogP contribution in [0.3, 0.4) is 0 Å². The second-order valence-electron chi connectivity index (χ2n) is 5.40. The molecule has 1 fully saturated rings. The van der Waals surface area contributed by atoms with E-state index in [-0.39, 0.29) is 0 Å². The van der Waals surface area contributed by atoms with Gasteiger partial charge in [0.05, 0.1) is 23.6 Å². The number of nitrogens with zero attached hydrogens (tertiary/aromatic N) is 3. The van der Waals surface area contributed by atoms with E-state index in [0.717, 1.165) is 36.3 Å². The second-order valence-corrected chi connectivity index (χ2v) is 5.40. The summed E-state index contributed by atoms with van der Waals surface area (Å²) >= 11 is 0. The lowest BCUT2D eigenvalue weighted by atomic mass is 9.92. The summed E-state index contributed by atoms with van der Waals surface area (Å²) in [7, 11) is 0. The van der Waals surface area contributed by atoms with Gasteiger partial charge in [0.25, 0.3) is 0 Å². The van der Waals surface area contributed by atoms with Crippen molar-refractivity contribution in [1.82, 2.24) is 9.97 Å². The Hall–Kier alpha value is -2.43. The first kappa shape index (κ1) is 13.5. The summed E-state index contributed by atoms with van der Waals surface area (Å²) in [6.07, 6.45) is 6.17. The van der Waals surface area contributed by atoms with E-state index in [1.54, 1.807) is 6.07 Å². The van der Waals surface area contributed by atoms with Crippen LogP contribution in [0.5, 0.6) is 0 Å². The van der Waals surface area contributed by atoms with Crippen LogP contribution in [0.4, 0.5) is 5.69 Å². The lowest BCUT2D eigenvalue weighted by molar-refractivity contribution is 0.0696. The highest BCUT2D eigenvalue weighted by Crippen LogP contribution is 2.32. The molecule has 1 aliphatic heterocycles. The summed E-state index contributed by atoms with van der Waals surface area (Å²) in [5, 5.41) is 9.15. The van der Waals surface area contributed by atoms with E-state index < -0.39 is 5.97 Å². The molecule has 2 heterocycles. The van der Waals surface area contributed by atoms with Gasteiger partial charge in [-0.05, 0) is 36.6 Å². The molecule has 1 atom stereocenters. The Morgan fingerprint density at radius 2 is 2.10 bits per heavy atom. The molecule has 0 aliphatic carbocycles. The smallest absolute Gasteiger partial charge is 0.335 e. The molecule has 1 aromatic heterocycles. The third-order valence-corrected chi connectivity index (χ3v) is 4.07. The Kier molecular flexibility index (Phi) is 3.56. The molecule has 3 rings (SSSR count). The summed E-state index contributed by atoms with van der Waals surface area (Å²) < 4.78 is 0. The van der Waals surface area contributed by atoms with E-state index in [2.05, 4.69) is 14.9 Å². The van der Waals surface area contributed by atoms with E-state index in [1.807, 2.05) is 31.5 Å². The van der Waals surface area contributed by atoms with Crippen LogP contribution in [0.2, 0.25) is 0 Å². The van der Waals surface area contributed by atoms with Crippen molar-refractivity contribution in [3.8, 4) is 0 Å². The molecule has 0 unspecified atom stereocenters. The van der Waals surface area contributed by atoms with Gasteiger partial charge in [0, 0.05) is 19.0 Å². The number of aromatic nitrogens is 2. The topological polar surface area (TPSA) is 66.3 Å². The molecule has 0 amide bonds. The zero-order valence-corrected chi connectivity index (χ0v) is 11.9. The van der Waals surface area contributed by atoms with Crippen molar-refractivity contribution in [2.45, 2.75) is 19.3 Å². The minimum Gasteiger partial charge on any atom is -0.478 e. The fraction of sp³-hybridized carbons (Fsp3) is 0.312. The van der Waals surface area contributed by atoms with Gasteiger partial charge in [-0.1, -0.05) is 6.07 Å². The molecule has 21 heavy (non-hydrogen) atoms. The van der Waals surface area contributed by atoms with E-state index >= 15 is 0 Å². The number of hydrogen-bond donors (Lipinski definition) is 1. The summed E-state index contributed by atoms with van der Waals surface area (Å²) in [5.74, 6) is -0.521. The van der Waals surface area contributed by atoms with Crippen LogP contribution < -0.4 is 4.90 Å². The molecule has 0 spiro atoms. The fourth-order valence-corrected chi connectivity index (χ4v) is 2.92. The lowest BCUT2D eigenvalue weighted by Crippen LogP contribution is -2.19. The highest BCUT2D eigenvalue weighted by molar-refractivity contribution is 5.88.